The highest BCUT2D eigenvalue weighted by Crippen LogP contribution is 2.49. The molecule has 4 rings (SSSR count). The molecule has 1 saturated carbocycles. The molecule has 0 saturated heterocycles. The number of halogens is 4. The third kappa shape index (κ3) is 5.16. The van der Waals surface area contributed by atoms with E-state index in [9.17, 15) is 0 Å². The molecule has 3 aromatic rings. The highest BCUT2D eigenvalue weighted by molar-refractivity contribution is 9.10. The van der Waals surface area contributed by atoms with E-state index in [-0.39, 0.29) is 6.61 Å². The van der Waals surface area contributed by atoms with E-state index in [1.165, 1.54) is 5.56 Å². The fraction of sp³-hybridized carbons (Fsp3) is 0.174. The Kier molecular flexibility index (Phi) is 6.50. The minimum Gasteiger partial charge on any atom is -0.391 e. The van der Waals surface area contributed by atoms with E-state index in [1.54, 1.807) is 12.1 Å². The van der Waals surface area contributed by atoms with Crippen LogP contribution >= 0.6 is 50.7 Å². The highest BCUT2D eigenvalue weighted by atomic mass is 79.9. The van der Waals surface area contributed by atoms with Crippen molar-refractivity contribution in [2.45, 2.75) is 18.9 Å². The largest absolute Gasteiger partial charge is 0.391 e. The van der Waals surface area contributed by atoms with Gasteiger partial charge in [-0.05, 0) is 59.9 Å². The molecule has 6 heteroatoms. The predicted octanol–water partition coefficient (Wildman–Crippen LogP) is 8.13. The molecule has 0 unspecified atom stereocenters. The van der Waals surface area contributed by atoms with Crippen LogP contribution in [0.2, 0.25) is 15.1 Å². The Morgan fingerprint density at radius 3 is 2.31 bits per heavy atom. The van der Waals surface area contributed by atoms with Gasteiger partial charge in [-0.15, -0.1) is 0 Å². The van der Waals surface area contributed by atoms with Crippen LogP contribution in [0.3, 0.4) is 0 Å². The van der Waals surface area contributed by atoms with Gasteiger partial charge in [-0.3, -0.25) is 0 Å². The molecular formula is C23H17BrCl3NO. The summed E-state index contributed by atoms with van der Waals surface area (Å²) in [4.78, 5) is 5.72. The van der Waals surface area contributed by atoms with E-state index in [2.05, 4.69) is 45.4 Å². The zero-order chi connectivity index (χ0) is 20.4. The molecule has 29 heavy (non-hydrogen) atoms. The molecule has 2 nitrogen and oxygen atoms in total. The number of rotatable bonds is 6. The van der Waals surface area contributed by atoms with Crippen LogP contribution in [-0.2, 0) is 11.4 Å². The fourth-order valence-electron chi connectivity index (χ4n) is 3.34. The van der Waals surface area contributed by atoms with Crippen molar-refractivity contribution in [2.24, 2.45) is 11.1 Å². The molecule has 3 aromatic carbocycles. The van der Waals surface area contributed by atoms with Gasteiger partial charge in [0.1, 0.15) is 6.61 Å². The lowest BCUT2D eigenvalue weighted by Gasteiger charge is -2.09. The zero-order valence-electron chi connectivity index (χ0n) is 15.3. The summed E-state index contributed by atoms with van der Waals surface area (Å²) in [6, 6.07) is 21.5. The van der Waals surface area contributed by atoms with Crippen LogP contribution in [0, 0.1) is 5.92 Å². The second-order valence-electron chi connectivity index (χ2n) is 6.99. The Balaban J connectivity index is 1.55. The minimum absolute atomic E-state index is 0.286. The second kappa shape index (κ2) is 9.09. The minimum atomic E-state index is 0.286. The normalized spacial score (nSPS) is 18.6. The van der Waals surface area contributed by atoms with Crippen molar-refractivity contribution in [2.75, 3.05) is 0 Å². The van der Waals surface area contributed by atoms with E-state index in [4.69, 9.17) is 39.6 Å². The molecule has 0 aliphatic heterocycles. The third-order valence-electron chi connectivity index (χ3n) is 4.98. The van der Waals surface area contributed by atoms with Crippen molar-refractivity contribution < 1.29 is 4.84 Å². The van der Waals surface area contributed by atoms with Gasteiger partial charge in [0.15, 0.2) is 0 Å². The van der Waals surface area contributed by atoms with Gasteiger partial charge >= 0.3 is 0 Å². The van der Waals surface area contributed by atoms with Crippen molar-refractivity contribution in [1.29, 1.82) is 0 Å². The molecular weight excluding hydrogens is 493 g/mol. The summed E-state index contributed by atoms with van der Waals surface area (Å²) in [7, 11) is 0. The van der Waals surface area contributed by atoms with Crippen LogP contribution in [-0.4, -0.2) is 5.71 Å². The van der Waals surface area contributed by atoms with Gasteiger partial charge in [0.25, 0.3) is 0 Å². The maximum atomic E-state index is 6.24. The van der Waals surface area contributed by atoms with Crippen molar-refractivity contribution >= 4 is 56.4 Å². The maximum Gasteiger partial charge on any atom is 0.143 e. The van der Waals surface area contributed by atoms with Gasteiger partial charge in [0.2, 0.25) is 0 Å². The Hall–Kier alpha value is -1.52. The number of nitrogens with zero attached hydrogens (tertiary/aromatic N) is 1. The van der Waals surface area contributed by atoms with Crippen molar-refractivity contribution in [3.63, 3.8) is 0 Å². The standard InChI is InChI=1S/C23H17BrCl3NO/c24-17-6-1-15(2-7-17)23(21-12-20(21)14-3-8-18(25)9-4-14)28-29-13-16-5-10-19(26)11-22(16)27/h1-11,20-21H,12-13H2/b28-23-/t20-,21-/m0/s1. The summed E-state index contributed by atoms with van der Waals surface area (Å²) in [6.07, 6.45) is 1.03. The van der Waals surface area contributed by atoms with Crippen LogP contribution in [0.1, 0.15) is 29.0 Å². The van der Waals surface area contributed by atoms with Gasteiger partial charge in [0.05, 0.1) is 5.71 Å². The fourth-order valence-corrected chi connectivity index (χ4v) is 4.19. The summed E-state index contributed by atoms with van der Waals surface area (Å²) < 4.78 is 1.03. The van der Waals surface area contributed by atoms with Gasteiger partial charge in [-0.25, -0.2) is 0 Å². The first-order valence-corrected chi connectivity index (χ1v) is 11.1. The lowest BCUT2D eigenvalue weighted by molar-refractivity contribution is 0.130. The van der Waals surface area contributed by atoms with E-state index >= 15 is 0 Å². The molecule has 0 aromatic heterocycles. The third-order valence-corrected chi connectivity index (χ3v) is 6.35. The van der Waals surface area contributed by atoms with Gasteiger partial charge in [0, 0.05) is 31.0 Å². The Morgan fingerprint density at radius 2 is 1.62 bits per heavy atom. The van der Waals surface area contributed by atoms with E-state index in [0.717, 1.165) is 32.8 Å². The molecule has 0 N–H and O–H groups in total. The maximum absolute atomic E-state index is 6.24. The lowest BCUT2D eigenvalue weighted by atomic mass is 10.0. The zero-order valence-corrected chi connectivity index (χ0v) is 19.1. The molecule has 148 valence electrons. The summed E-state index contributed by atoms with van der Waals surface area (Å²) in [5.74, 6) is 0.718. The SMILES string of the molecule is Clc1ccc([C@@H]2C[C@@H]2/C(=N\OCc2ccc(Cl)cc2Cl)c2ccc(Br)cc2)cc1. The number of hydrogen-bond donors (Lipinski definition) is 0. The Bertz CT molecular complexity index is 1030. The van der Waals surface area contributed by atoms with Gasteiger partial charge < -0.3 is 4.84 Å². The first-order valence-electron chi connectivity index (χ1n) is 9.16. The van der Waals surface area contributed by atoms with Gasteiger partial charge in [-0.2, -0.15) is 0 Å². The van der Waals surface area contributed by atoms with E-state index < -0.39 is 0 Å². The highest BCUT2D eigenvalue weighted by Gasteiger charge is 2.43. The summed E-state index contributed by atoms with van der Waals surface area (Å²) in [6.45, 7) is 0.286. The summed E-state index contributed by atoms with van der Waals surface area (Å²) in [5, 5.41) is 6.44. The Labute approximate surface area is 193 Å². The van der Waals surface area contributed by atoms with Crippen molar-refractivity contribution in [3.05, 3.63) is 103 Å². The quantitative estimate of drug-likeness (QED) is 0.243. The monoisotopic (exact) mass is 507 g/mol. The van der Waals surface area contributed by atoms with Crippen LogP contribution in [0.5, 0.6) is 0 Å². The van der Waals surface area contributed by atoms with Gasteiger partial charge in [-0.1, -0.05) is 86.2 Å². The van der Waals surface area contributed by atoms with Crippen LogP contribution in [0.4, 0.5) is 0 Å². The van der Waals surface area contributed by atoms with Crippen LogP contribution in [0.15, 0.2) is 76.4 Å². The molecule has 0 bridgehead atoms. The molecule has 0 amide bonds. The molecule has 1 aliphatic carbocycles. The molecule has 0 radical (unpaired) electrons. The summed E-state index contributed by atoms with van der Waals surface area (Å²) in [5.41, 5.74) is 4.12. The van der Waals surface area contributed by atoms with E-state index in [0.29, 0.717) is 21.9 Å². The lowest BCUT2D eigenvalue weighted by Crippen LogP contribution is -2.07. The molecule has 2 atom stereocenters. The average molecular weight is 510 g/mol. The molecule has 0 spiro atoms. The topological polar surface area (TPSA) is 21.6 Å². The van der Waals surface area contributed by atoms with Crippen LogP contribution < -0.4 is 0 Å². The molecule has 0 heterocycles. The van der Waals surface area contributed by atoms with Crippen LogP contribution in [0.25, 0.3) is 0 Å². The Morgan fingerprint density at radius 1 is 0.931 bits per heavy atom. The van der Waals surface area contributed by atoms with Crippen molar-refractivity contribution in [1.82, 2.24) is 0 Å². The van der Waals surface area contributed by atoms with Crippen molar-refractivity contribution in [3.8, 4) is 0 Å². The number of oxime groups is 1. The molecule has 1 aliphatic rings. The first kappa shape index (κ1) is 20.7. The number of benzene rings is 3. The summed E-state index contributed by atoms with van der Waals surface area (Å²) >= 11 is 21.7. The smallest absolute Gasteiger partial charge is 0.143 e. The number of hydrogen-bond acceptors (Lipinski definition) is 2. The second-order valence-corrected chi connectivity index (χ2v) is 9.19. The average Bonchev–Trinajstić information content (AvgIpc) is 3.49. The first-order chi connectivity index (χ1) is 14.0. The van der Waals surface area contributed by atoms with E-state index in [1.807, 2.05) is 30.3 Å². The predicted molar refractivity (Wildman–Crippen MR) is 124 cm³/mol. The molecule has 1 fully saturated rings.